The van der Waals surface area contributed by atoms with Crippen LogP contribution in [0.1, 0.15) is 18.4 Å². The Morgan fingerprint density at radius 2 is 1.81 bits per heavy atom. The monoisotopic (exact) mass is 393 g/mol. The molecular weight excluding hydrogens is 377 g/mol. The minimum absolute atomic E-state index is 0.000467. The summed E-state index contributed by atoms with van der Waals surface area (Å²) in [6.45, 7) is 2.15. The van der Waals surface area contributed by atoms with Gasteiger partial charge in [0.25, 0.3) is 0 Å². The molecule has 2 aromatic rings. The highest BCUT2D eigenvalue weighted by atomic mass is 35.5. The van der Waals surface area contributed by atoms with Crippen LogP contribution in [0.15, 0.2) is 53.4 Å². The molecule has 3 rings (SSSR count). The molecule has 0 unspecified atom stereocenters. The number of sulfone groups is 1. The molecule has 0 saturated heterocycles. The van der Waals surface area contributed by atoms with Gasteiger partial charge in [0, 0.05) is 17.5 Å². The van der Waals surface area contributed by atoms with E-state index in [-0.39, 0.29) is 11.5 Å². The van der Waals surface area contributed by atoms with Gasteiger partial charge in [-0.2, -0.15) is 5.26 Å². The Balaban J connectivity index is 2.05. The fraction of sp³-hybridized carbons (Fsp3) is 0.316. The van der Waals surface area contributed by atoms with Gasteiger partial charge in [0.2, 0.25) is 0 Å². The van der Waals surface area contributed by atoms with E-state index in [4.69, 9.17) is 16.3 Å². The van der Waals surface area contributed by atoms with E-state index in [0.29, 0.717) is 17.2 Å². The van der Waals surface area contributed by atoms with E-state index >= 15 is 0 Å². The van der Waals surface area contributed by atoms with E-state index in [1.54, 1.807) is 6.92 Å². The molecule has 2 aromatic carbocycles. The van der Waals surface area contributed by atoms with Gasteiger partial charge in [0.05, 0.1) is 22.8 Å². The Morgan fingerprint density at radius 3 is 2.35 bits per heavy atom. The van der Waals surface area contributed by atoms with E-state index in [2.05, 4.69) is 6.07 Å². The third-order valence-corrected chi connectivity index (χ3v) is 7.26. The van der Waals surface area contributed by atoms with Crippen LogP contribution in [0.5, 0.6) is 0 Å². The Hall–Kier alpha value is -1.94. The maximum absolute atomic E-state index is 13.3. The first-order chi connectivity index (χ1) is 12.4. The molecule has 3 atom stereocenters. The predicted molar refractivity (Wildman–Crippen MR) is 96.1 cm³/mol. The lowest BCUT2D eigenvalue weighted by Gasteiger charge is -2.09. The molecule has 136 valence electrons. The maximum atomic E-state index is 13.3. The zero-order valence-corrected chi connectivity index (χ0v) is 15.6. The van der Waals surface area contributed by atoms with Gasteiger partial charge in [-0.3, -0.25) is 0 Å². The summed E-state index contributed by atoms with van der Waals surface area (Å²) < 4.78 is 45.0. The fourth-order valence-corrected chi connectivity index (χ4v) is 5.82. The molecule has 1 saturated carbocycles. The number of hydrogen-bond acceptors (Lipinski definition) is 4. The first-order valence-electron chi connectivity index (χ1n) is 8.10. The Morgan fingerprint density at radius 1 is 1.19 bits per heavy atom. The van der Waals surface area contributed by atoms with Gasteiger partial charge in [0.15, 0.2) is 9.84 Å². The largest absolute Gasteiger partial charge is 0.380 e. The van der Waals surface area contributed by atoms with Crippen molar-refractivity contribution in [3.05, 3.63) is 64.9 Å². The average molecular weight is 394 g/mol. The van der Waals surface area contributed by atoms with Gasteiger partial charge >= 0.3 is 0 Å². The van der Waals surface area contributed by atoms with Crippen molar-refractivity contribution >= 4 is 21.4 Å². The van der Waals surface area contributed by atoms with Crippen molar-refractivity contribution in [1.29, 1.82) is 5.26 Å². The number of ether oxygens (including phenoxy) is 1. The molecule has 0 spiro atoms. The van der Waals surface area contributed by atoms with Gasteiger partial charge in [-0.15, -0.1) is 0 Å². The van der Waals surface area contributed by atoms with Crippen molar-refractivity contribution < 1.29 is 17.5 Å². The van der Waals surface area contributed by atoms with Crippen LogP contribution in [0, 0.1) is 22.6 Å². The van der Waals surface area contributed by atoms with E-state index in [9.17, 15) is 18.1 Å². The molecule has 7 heteroatoms. The van der Waals surface area contributed by atoms with Crippen LogP contribution in [0.25, 0.3) is 0 Å². The number of nitrogens with zero attached hydrogens (tertiary/aromatic N) is 1. The Kier molecular flexibility index (Phi) is 5.07. The van der Waals surface area contributed by atoms with Crippen molar-refractivity contribution in [2.75, 3.05) is 13.2 Å². The molecular formula is C19H17ClFNO3S. The zero-order chi connectivity index (χ0) is 18.9. The lowest BCUT2D eigenvalue weighted by atomic mass is 10.0. The van der Waals surface area contributed by atoms with E-state index < -0.39 is 32.2 Å². The van der Waals surface area contributed by atoms with Gasteiger partial charge in [-0.1, -0.05) is 23.7 Å². The van der Waals surface area contributed by atoms with Crippen LogP contribution in [-0.4, -0.2) is 26.9 Å². The molecule has 0 bridgehead atoms. The Bertz CT molecular complexity index is 938. The Labute approximate surface area is 157 Å². The number of halogens is 2. The number of hydrogen-bond donors (Lipinski definition) is 0. The van der Waals surface area contributed by atoms with Crippen molar-refractivity contribution in [1.82, 2.24) is 0 Å². The van der Waals surface area contributed by atoms with E-state index in [1.807, 2.05) is 0 Å². The highest BCUT2D eigenvalue weighted by Gasteiger charge is 2.72. The van der Waals surface area contributed by atoms with E-state index in [0.717, 1.165) is 0 Å². The molecule has 26 heavy (non-hydrogen) atoms. The minimum Gasteiger partial charge on any atom is -0.380 e. The normalized spacial score (nSPS) is 24.8. The number of rotatable bonds is 6. The van der Waals surface area contributed by atoms with Crippen LogP contribution >= 0.6 is 11.6 Å². The van der Waals surface area contributed by atoms with Crippen LogP contribution in [0.3, 0.4) is 0 Å². The average Bonchev–Trinajstić information content (AvgIpc) is 3.31. The molecule has 1 fully saturated rings. The summed E-state index contributed by atoms with van der Waals surface area (Å²) in [6.07, 6.45) is 0. The molecule has 4 nitrogen and oxygen atoms in total. The van der Waals surface area contributed by atoms with Crippen molar-refractivity contribution in [3.63, 3.8) is 0 Å². The summed E-state index contributed by atoms with van der Waals surface area (Å²) in [5.74, 6) is -1.00. The molecule has 1 aliphatic rings. The summed E-state index contributed by atoms with van der Waals surface area (Å²) >= 11 is 5.85. The lowest BCUT2D eigenvalue weighted by molar-refractivity contribution is 0.117. The van der Waals surface area contributed by atoms with Crippen molar-refractivity contribution in [2.24, 2.45) is 5.41 Å². The second kappa shape index (κ2) is 6.99. The topological polar surface area (TPSA) is 67.2 Å². The second-order valence-electron chi connectivity index (χ2n) is 6.24. The molecule has 0 amide bonds. The molecule has 1 aliphatic carbocycles. The molecule has 0 heterocycles. The lowest BCUT2D eigenvalue weighted by Crippen LogP contribution is -2.19. The van der Waals surface area contributed by atoms with Gasteiger partial charge in [0.1, 0.15) is 11.2 Å². The summed E-state index contributed by atoms with van der Waals surface area (Å²) in [5, 5.41) is 9.27. The standard InChI is InChI=1S/C19H17ClFNO3S/c1-2-25-12-19(11-22)17(13-3-7-15(21)8-4-13)18(19)26(23,24)16-9-5-14(20)6-10-16/h3-10,17-18H,2,12H2,1H3/t17-,18+,19+/m0/s1. The summed E-state index contributed by atoms with van der Waals surface area (Å²) in [5.41, 5.74) is -0.595. The quantitative estimate of drug-likeness (QED) is 0.744. The highest BCUT2D eigenvalue weighted by molar-refractivity contribution is 7.92. The number of nitriles is 1. The first-order valence-corrected chi connectivity index (χ1v) is 10.0. The third-order valence-electron chi connectivity index (χ3n) is 4.72. The van der Waals surface area contributed by atoms with Crippen LogP contribution in [0.4, 0.5) is 4.39 Å². The fourth-order valence-electron chi connectivity index (χ4n) is 3.38. The maximum Gasteiger partial charge on any atom is 0.183 e. The summed E-state index contributed by atoms with van der Waals surface area (Å²) in [4.78, 5) is 0.104. The summed E-state index contributed by atoms with van der Waals surface area (Å²) in [6, 6.07) is 13.6. The van der Waals surface area contributed by atoms with Gasteiger partial charge in [-0.05, 0) is 48.9 Å². The number of benzene rings is 2. The van der Waals surface area contributed by atoms with Gasteiger partial charge in [-0.25, -0.2) is 12.8 Å². The third kappa shape index (κ3) is 3.11. The van der Waals surface area contributed by atoms with Crippen LogP contribution in [0.2, 0.25) is 5.02 Å². The molecule has 0 N–H and O–H groups in total. The minimum atomic E-state index is -3.79. The zero-order valence-electron chi connectivity index (χ0n) is 14.0. The van der Waals surface area contributed by atoms with Crippen LogP contribution in [-0.2, 0) is 14.6 Å². The summed E-state index contributed by atoms with van der Waals surface area (Å²) in [7, 11) is -3.79. The predicted octanol–water partition coefficient (Wildman–Crippen LogP) is 3.97. The highest BCUT2D eigenvalue weighted by Crippen LogP contribution is 2.63. The molecule has 0 aromatic heterocycles. The van der Waals surface area contributed by atoms with E-state index in [1.165, 1.54) is 48.5 Å². The SMILES string of the molecule is CCOC[C@@]1(C#N)[C@H](S(=O)(=O)c2ccc(Cl)cc2)[C@@H]1c1ccc(F)cc1. The molecule has 0 aliphatic heterocycles. The van der Waals surface area contributed by atoms with Crippen molar-refractivity contribution in [3.8, 4) is 6.07 Å². The van der Waals surface area contributed by atoms with Gasteiger partial charge < -0.3 is 4.74 Å². The first kappa shape index (κ1) is 18.8. The molecule has 0 radical (unpaired) electrons. The van der Waals surface area contributed by atoms with Crippen molar-refractivity contribution in [2.45, 2.75) is 23.0 Å². The smallest absolute Gasteiger partial charge is 0.183 e. The second-order valence-corrected chi connectivity index (χ2v) is 8.74. The van der Waals surface area contributed by atoms with Crippen LogP contribution < -0.4 is 0 Å².